The van der Waals surface area contributed by atoms with Gasteiger partial charge >= 0.3 is 0 Å². The van der Waals surface area contributed by atoms with Gasteiger partial charge in [-0.2, -0.15) is 5.10 Å². The van der Waals surface area contributed by atoms with Crippen LogP contribution in [0.5, 0.6) is 0 Å². The van der Waals surface area contributed by atoms with Crippen molar-refractivity contribution < 1.29 is 0 Å². The van der Waals surface area contributed by atoms with E-state index in [1.54, 1.807) is 0 Å². The van der Waals surface area contributed by atoms with Gasteiger partial charge in [-0.15, -0.1) is 0 Å². The minimum absolute atomic E-state index is 0.534. The van der Waals surface area contributed by atoms with Gasteiger partial charge in [0.15, 0.2) is 5.96 Å². The van der Waals surface area contributed by atoms with E-state index in [0.29, 0.717) is 5.92 Å². The number of hydrogen-bond donors (Lipinski definition) is 1. The third-order valence-electron chi connectivity index (χ3n) is 5.58. The molecule has 1 unspecified atom stereocenters. The summed E-state index contributed by atoms with van der Waals surface area (Å²) in [5.74, 6) is 2.61. The molecular weight excluding hydrogens is 350 g/mol. The van der Waals surface area contributed by atoms with E-state index in [1.165, 1.54) is 11.1 Å². The molecule has 0 amide bonds. The molecule has 3 aromatic rings. The average Bonchev–Trinajstić information content (AvgIpc) is 3.41. The van der Waals surface area contributed by atoms with Crippen LogP contribution in [0.3, 0.4) is 0 Å². The van der Waals surface area contributed by atoms with Crippen molar-refractivity contribution in [3.05, 3.63) is 48.0 Å². The molecule has 7 heteroatoms. The van der Waals surface area contributed by atoms with Crippen molar-refractivity contribution in [3.63, 3.8) is 0 Å². The normalized spacial score (nSPS) is 17.6. The molecule has 1 aromatic carbocycles. The predicted octanol–water partition coefficient (Wildman–Crippen LogP) is 2.53. The summed E-state index contributed by atoms with van der Waals surface area (Å²) in [6.07, 6.45) is 6.29. The third kappa shape index (κ3) is 3.74. The van der Waals surface area contributed by atoms with Gasteiger partial charge in [0.05, 0.1) is 17.2 Å². The largest absolute Gasteiger partial charge is 0.356 e. The first-order chi connectivity index (χ1) is 13.7. The molecular formula is C21H29N7. The zero-order chi connectivity index (χ0) is 19.5. The molecule has 3 heterocycles. The summed E-state index contributed by atoms with van der Waals surface area (Å²) in [5.41, 5.74) is 3.61. The van der Waals surface area contributed by atoms with Crippen LogP contribution < -0.4 is 5.32 Å². The fourth-order valence-corrected chi connectivity index (χ4v) is 4.12. The summed E-state index contributed by atoms with van der Waals surface area (Å²) in [6, 6.07) is 8.33. The highest BCUT2D eigenvalue weighted by Gasteiger charge is 2.26. The van der Waals surface area contributed by atoms with E-state index in [1.807, 2.05) is 31.0 Å². The molecule has 0 spiro atoms. The monoisotopic (exact) mass is 379 g/mol. The van der Waals surface area contributed by atoms with E-state index in [0.717, 1.165) is 56.3 Å². The van der Waals surface area contributed by atoms with Gasteiger partial charge in [0.2, 0.25) is 0 Å². The Hall–Kier alpha value is -2.83. The molecule has 1 aliphatic heterocycles. The number of guanidine groups is 1. The first-order valence-corrected chi connectivity index (χ1v) is 10.0. The first kappa shape index (κ1) is 18.5. The number of rotatable bonds is 5. The Morgan fingerprint density at radius 3 is 2.96 bits per heavy atom. The van der Waals surface area contributed by atoms with Crippen molar-refractivity contribution >= 4 is 17.0 Å². The van der Waals surface area contributed by atoms with Crippen LogP contribution >= 0.6 is 0 Å². The summed E-state index contributed by atoms with van der Waals surface area (Å²) < 4.78 is 4.18. The number of likely N-dealkylation sites (tertiary alicyclic amines) is 1. The Balaban J connectivity index is 1.30. The minimum atomic E-state index is 0.534. The Kier molecular flexibility index (Phi) is 5.32. The summed E-state index contributed by atoms with van der Waals surface area (Å²) in [6.45, 7) is 5.96. The van der Waals surface area contributed by atoms with Crippen molar-refractivity contribution in [2.75, 3.05) is 26.7 Å². The summed E-state index contributed by atoms with van der Waals surface area (Å²) in [5, 5.41) is 7.85. The molecule has 0 bridgehead atoms. The van der Waals surface area contributed by atoms with Crippen molar-refractivity contribution in [1.82, 2.24) is 29.5 Å². The number of para-hydroxylation sites is 2. The predicted molar refractivity (Wildman–Crippen MR) is 113 cm³/mol. The molecule has 1 aliphatic rings. The van der Waals surface area contributed by atoms with E-state index in [2.05, 4.69) is 61.2 Å². The van der Waals surface area contributed by atoms with Gasteiger partial charge < -0.3 is 14.8 Å². The number of nitrogens with one attached hydrogen (secondary N) is 1. The molecule has 1 N–H and O–H groups in total. The van der Waals surface area contributed by atoms with Crippen LogP contribution in [0, 0.1) is 6.92 Å². The number of hydrogen-bond acceptors (Lipinski definition) is 3. The Labute approximate surface area is 166 Å². The molecule has 0 radical (unpaired) electrons. The van der Waals surface area contributed by atoms with Crippen molar-refractivity contribution in [2.24, 2.45) is 12.0 Å². The van der Waals surface area contributed by atoms with Crippen LogP contribution in [-0.4, -0.2) is 56.9 Å². The quantitative estimate of drug-likeness (QED) is 0.420. The van der Waals surface area contributed by atoms with Gasteiger partial charge in [0, 0.05) is 52.4 Å². The molecule has 148 valence electrons. The summed E-state index contributed by atoms with van der Waals surface area (Å²) >= 11 is 0. The van der Waals surface area contributed by atoms with Crippen molar-refractivity contribution in [3.8, 4) is 0 Å². The smallest absolute Gasteiger partial charge is 0.193 e. The molecule has 4 rings (SSSR count). The first-order valence-electron chi connectivity index (χ1n) is 10.0. The van der Waals surface area contributed by atoms with Crippen LogP contribution in [0.15, 0.2) is 41.7 Å². The molecule has 7 nitrogen and oxygen atoms in total. The van der Waals surface area contributed by atoms with Crippen LogP contribution in [0.4, 0.5) is 0 Å². The van der Waals surface area contributed by atoms with Gasteiger partial charge in [0.25, 0.3) is 0 Å². The van der Waals surface area contributed by atoms with E-state index in [9.17, 15) is 0 Å². The molecule has 0 aliphatic carbocycles. The maximum Gasteiger partial charge on any atom is 0.193 e. The fourth-order valence-electron chi connectivity index (χ4n) is 4.12. The van der Waals surface area contributed by atoms with Gasteiger partial charge in [-0.25, -0.2) is 4.98 Å². The van der Waals surface area contributed by atoms with Gasteiger partial charge in [-0.3, -0.25) is 9.67 Å². The maximum atomic E-state index is 4.65. The number of aryl methyl sites for hydroxylation is 3. The van der Waals surface area contributed by atoms with Crippen molar-refractivity contribution in [2.45, 2.75) is 32.2 Å². The lowest BCUT2D eigenvalue weighted by Gasteiger charge is -2.21. The Bertz CT molecular complexity index is 968. The molecule has 1 atom stereocenters. The number of benzene rings is 1. The fraction of sp³-hybridized carbons (Fsp3) is 0.476. The number of imidazole rings is 1. The number of aromatic nitrogens is 4. The Morgan fingerprint density at radius 1 is 1.32 bits per heavy atom. The summed E-state index contributed by atoms with van der Waals surface area (Å²) in [4.78, 5) is 11.5. The van der Waals surface area contributed by atoms with E-state index in [4.69, 9.17) is 0 Å². The third-order valence-corrected chi connectivity index (χ3v) is 5.58. The number of aliphatic imine (C=N–C) groups is 1. The highest BCUT2D eigenvalue weighted by molar-refractivity contribution is 5.80. The van der Waals surface area contributed by atoms with E-state index in [-0.39, 0.29) is 0 Å². The second kappa shape index (κ2) is 8.04. The maximum absolute atomic E-state index is 4.65. The standard InChI is InChI=1S/C21H29N7/c1-16-25-19-7-4-5-8-20(19)28(16)11-6-10-23-21(22-2)27-12-9-17(15-27)18-13-24-26(3)14-18/h4-5,7-8,13-14,17H,6,9-12,15H2,1-3H3,(H,22,23). The van der Waals surface area contributed by atoms with E-state index < -0.39 is 0 Å². The number of fused-ring (bicyclic) bond motifs is 1. The summed E-state index contributed by atoms with van der Waals surface area (Å²) in [7, 11) is 3.84. The van der Waals surface area contributed by atoms with E-state index >= 15 is 0 Å². The lowest BCUT2D eigenvalue weighted by Crippen LogP contribution is -2.40. The highest BCUT2D eigenvalue weighted by atomic mass is 15.3. The highest BCUT2D eigenvalue weighted by Crippen LogP contribution is 2.26. The second-order valence-corrected chi connectivity index (χ2v) is 7.51. The molecule has 0 saturated carbocycles. The lowest BCUT2D eigenvalue weighted by atomic mass is 10.0. The van der Waals surface area contributed by atoms with Crippen LogP contribution in [0.1, 0.15) is 30.1 Å². The second-order valence-electron chi connectivity index (χ2n) is 7.51. The zero-order valence-corrected chi connectivity index (χ0v) is 17.0. The van der Waals surface area contributed by atoms with Crippen LogP contribution in [0.2, 0.25) is 0 Å². The van der Waals surface area contributed by atoms with Crippen LogP contribution in [0.25, 0.3) is 11.0 Å². The molecule has 1 fully saturated rings. The molecule has 2 aromatic heterocycles. The minimum Gasteiger partial charge on any atom is -0.356 e. The van der Waals surface area contributed by atoms with Gasteiger partial charge in [-0.1, -0.05) is 12.1 Å². The zero-order valence-electron chi connectivity index (χ0n) is 17.0. The van der Waals surface area contributed by atoms with Gasteiger partial charge in [0.1, 0.15) is 5.82 Å². The SMILES string of the molecule is CN=C(NCCCn1c(C)nc2ccccc21)N1CCC(c2cnn(C)c2)C1. The van der Waals surface area contributed by atoms with Gasteiger partial charge in [-0.05, 0) is 37.5 Å². The van der Waals surface area contributed by atoms with Crippen LogP contribution in [-0.2, 0) is 13.6 Å². The Morgan fingerprint density at radius 2 is 2.18 bits per heavy atom. The molecule has 28 heavy (non-hydrogen) atoms. The number of nitrogens with zero attached hydrogens (tertiary/aromatic N) is 6. The average molecular weight is 380 g/mol. The topological polar surface area (TPSA) is 63.3 Å². The lowest BCUT2D eigenvalue weighted by molar-refractivity contribution is 0.482. The van der Waals surface area contributed by atoms with Crippen molar-refractivity contribution in [1.29, 1.82) is 0 Å². The molecule has 1 saturated heterocycles.